The van der Waals surface area contributed by atoms with Gasteiger partial charge in [-0.25, -0.2) is 9.59 Å². The average Bonchev–Trinajstić information content (AvgIpc) is 3.16. The highest BCUT2D eigenvalue weighted by atomic mass is 19.4. The van der Waals surface area contributed by atoms with E-state index in [1.165, 1.54) is 0 Å². The Morgan fingerprint density at radius 3 is 1.85 bits per heavy atom. The lowest BCUT2D eigenvalue weighted by Crippen LogP contribution is -2.42. The van der Waals surface area contributed by atoms with Crippen molar-refractivity contribution in [3.63, 3.8) is 0 Å². The number of rotatable bonds is 2. The normalized spacial score (nSPS) is 16.6. The molecule has 0 bridgehead atoms. The van der Waals surface area contributed by atoms with Crippen LogP contribution in [0.2, 0.25) is 0 Å². The van der Waals surface area contributed by atoms with Crippen molar-refractivity contribution >= 4 is 17.8 Å². The minimum atomic E-state index is -5.08. The van der Waals surface area contributed by atoms with E-state index in [1.807, 2.05) is 4.90 Å². The Balaban J connectivity index is 0.000000343. The van der Waals surface area contributed by atoms with Gasteiger partial charge in [-0.3, -0.25) is 14.8 Å². The molecule has 1 saturated heterocycles. The third kappa shape index (κ3) is 8.81. The Kier molecular flexibility index (Phi) is 10.3. The molecule has 194 valence electrons. The number of alkyl halides is 6. The summed E-state index contributed by atoms with van der Waals surface area (Å²) >= 11 is 0. The zero-order valence-corrected chi connectivity index (χ0v) is 18.2. The molecular formula is C18H24F6N4O6. The summed E-state index contributed by atoms with van der Waals surface area (Å²) in [6.45, 7) is 8.78. The first-order valence-electron chi connectivity index (χ1n) is 9.83. The molecule has 1 aromatic rings. The van der Waals surface area contributed by atoms with E-state index >= 15 is 0 Å². The van der Waals surface area contributed by atoms with E-state index in [9.17, 15) is 31.1 Å². The number of hydrogen-bond donors (Lipinski definition) is 3. The number of aliphatic carboxylic acids is 2. The first kappa shape index (κ1) is 29.2. The summed E-state index contributed by atoms with van der Waals surface area (Å²) in [5.74, 6) is -5.48. The predicted molar refractivity (Wildman–Crippen MR) is 102 cm³/mol. The second-order valence-corrected chi connectivity index (χ2v) is 7.35. The molecule has 10 nitrogen and oxygen atoms in total. The van der Waals surface area contributed by atoms with Gasteiger partial charge >= 0.3 is 24.3 Å². The molecule has 0 saturated carbocycles. The van der Waals surface area contributed by atoms with Crippen molar-refractivity contribution in [3.05, 3.63) is 17.0 Å². The second kappa shape index (κ2) is 12.0. The molecule has 0 aromatic carbocycles. The van der Waals surface area contributed by atoms with E-state index in [0.29, 0.717) is 38.0 Å². The van der Waals surface area contributed by atoms with Crippen molar-refractivity contribution in [1.82, 2.24) is 20.0 Å². The van der Waals surface area contributed by atoms with Gasteiger partial charge in [0.1, 0.15) is 0 Å². The zero-order valence-electron chi connectivity index (χ0n) is 18.2. The Morgan fingerprint density at radius 1 is 0.971 bits per heavy atom. The number of aromatic nitrogens is 2. The topological polar surface area (TPSA) is 136 Å². The number of amides is 1. The Bertz CT molecular complexity index is 825. The number of ether oxygens (including phenoxy) is 1. The number of nitrogens with one attached hydrogen (secondary N) is 1. The van der Waals surface area contributed by atoms with Crippen LogP contribution in [-0.2, 0) is 27.3 Å². The number of hydrogen-bond acceptors (Lipinski definition) is 6. The zero-order chi connectivity index (χ0) is 26.3. The number of carboxylic acids is 2. The monoisotopic (exact) mass is 506 g/mol. The summed E-state index contributed by atoms with van der Waals surface area (Å²) in [5, 5.41) is 21.6. The highest BCUT2D eigenvalue weighted by Gasteiger charge is 2.39. The van der Waals surface area contributed by atoms with Crippen LogP contribution in [0.3, 0.4) is 0 Å². The molecule has 1 fully saturated rings. The number of fused-ring (bicyclic) bond motifs is 1. The number of morpholine rings is 1. The lowest BCUT2D eigenvalue weighted by Gasteiger charge is -2.31. The van der Waals surface area contributed by atoms with Crippen LogP contribution in [0, 0.1) is 0 Å². The smallest absolute Gasteiger partial charge is 0.475 e. The molecule has 1 amide bonds. The van der Waals surface area contributed by atoms with Gasteiger partial charge in [0, 0.05) is 49.9 Å². The number of nitrogens with zero attached hydrogens (tertiary/aromatic N) is 3. The van der Waals surface area contributed by atoms with E-state index in [-0.39, 0.29) is 5.91 Å². The number of halogens is 6. The molecule has 34 heavy (non-hydrogen) atoms. The van der Waals surface area contributed by atoms with E-state index < -0.39 is 24.3 Å². The van der Waals surface area contributed by atoms with Crippen molar-refractivity contribution < 1.29 is 55.7 Å². The van der Waals surface area contributed by atoms with Gasteiger partial charge in [0.25, 0.3) is 5.91 Å². The Morgan fingerprint density at radius 2 is 1.44 bits per heavy atom. The highest BCUT2D eigenvalue weighted by molar-refractivity contribution is 5.94. The minimum absolute atomic E-state index is 0.0383. The Labute approximate surface area is 189 Å². The third-order valence-electron chi connectivity index (χ3n) is 4.68. The van der Waals surface area contributed by atoms with Crippen molar-refractivity contribution in [3.8, 4) is 0 Å². The number of carboxylic acid groups (broad SMARTS) is 2. The predicted octanol–water partition coefficient (Wildman–Crippen LogP) is 1.92. The fourth-order valence-electron chi connectivity index (χ4n) is 2.85. The van der Waals surface area contributed by atoms with E-state index in [1.54, 1.807) is 0 Å². The second-order valence-electron chi connectivity index (χ2n) is 7.35. The molecule has 0 unspecified atom stereocenters. The van der Waals surface area contributed by atoms with Crippen LogP contribution in [0.4, 0.5) is 26.3 Å². The summed E-state index contributed by atoms with van der Waals surface area (Å²) in [4.78, 5) is 34.6. The van der Waals surface area contributed by atoms with Gasteiger partial charge in [0.05, 0.1) is 13.2 Å². The first-order chi connectivity index (χ1) is 15.6. The van der Waals surface area contributed by atoms with Gasteiger partial charge in [0.2, 0.25) is 0 Å². The molecule has 0 spiro atoms. The quantitative estimate of drug-likeness (QED) is 0.518. The molecule has 2 aliphatic rings. The lowest BCUT2D eigenvalue weighted by molar-refractivity contribution is -0.193. The largest absolute Gasteiger partial charge is 0.490 e. The standard InChI is InChI=1S/C14H22N4O2.2C2HF3O2/c1-10(2)18-4-3-12-11(9-18)13(16-15-12)14(19)17-5-7-20-8-6-17;2*3-2(4,5)1(6)7/h10H,3-9H2,1-2H3,(H,15,16);2*(H,6,7). The maximum atomic E-state index is 12.6. The number of carbonyl (C=O) groups is 3. The van der Waals surface area contributed by atoms with Crippen LogP contribution in [0.15, 0.2) is 0 Å². The highest BCUT2D eigenvalue weighted by Crippen LogP contribution is 2.23. The summed E-state index contributed by atoms with van der Waals surface area (Å²) < 4.78 is 68.8. The van der Waals surface area contributed by atoms with Gasteiger partial charge in [-0.1, -0.05) is 0 Å². The minimum Gasteiger partial charge on any atom is -0.475 e. The lowest BCUT2D eigenvalue weighted by atomic mass is 10.0. The van der Waals surface area contributed by atoms with Crippen LogP contribution in [0.5, 0.6) is 0 Å². The van der Waals surface area contributed by atoms with Crippen molar-refractivity contribution in [2.75, 3.05) is 32.8 Å². The van der Waals surface area contributed by atoms with Gasteiger partial charge in [-0.15, -0.1) is 0 Å². The first-order valence-corrected chi connectivity index (χ1v) is 9.83. The van der Waals surface area contributed by atoms with Crippen LogP contribution in [-0.4, -0.2) is 99.3 Å². The number of carbonyl (C=O) groups excluding carboxylic acids is 1. The van der Waals surface area contributed by atoms with Crippen molar-refractivity contribution in [2.24, 2.45) is 0 Å². The third-order valence-corrected chi connectivity index (χ3v) is 4.68. The van der Waals surface area contributed by atoms with E-state index in [0.717, 1.165) is 30.8 Å². The maximum Gasteiger partial charge on any atom is 0.490 e. The molecule has 3 rings (SSSR count). The molecule has 0 atom stereocenters. The molecule has 1 aromatic heterocycles. The molecule has 3 heterocycles. The summed E-state index contributed by atoms with van der Waals surface area (Å²) in [7, 11) is 0. The fraction of sp³-hybridized carbons (Fsp3) is 0.667. The van der Waals surface area contributed by atoms with Crippen LogP contribution in [0.25, 0.3) is 0 Å². The van der Waals surface area contributed by atoms with Gasteiger partial charge < -0.3 is 19.8 Å². The van der Waals surface area contributed by atoms with Crippen LogP contribution in [0.1, 0.15) is 35.6 Å². The molecule has 0 radical (unpaired) electrons. The van der Waals surface area contributed by atoms with E-state index in [2.05, 4.69) is 28.9 Å². The molecule has 3 N–H and O–H groups in total. The van der Waals surface area contributed by atoms with E-state index in [4.69, 9.17) is 24.5 Å². The van der Waals surface area contributed by atoms with Crippen LogP contribution >= 0.6 is 0 Å². The summed E-state index contributed by atoms with van der Waals surface area (Å²) in [6.07, 6.45) is -9.23. The van der Waals surface area contributed by atoms with Gasteiger partial charge in [0.15, 0.2) is 5.69 Å². The number of H-pyrrole nitrogens is 1. The van der Waals surface area contributed by atoms with Gasteiger partial charge in [-0.2, -0.15) is 31.4 Å². The van der Waals surface area contributed by atoms with Gasteiger partial charge in [-0.05, 0) is 13.8 Å². The SMILES string of the molecule is CC(C)N1CCc2[nH]nc(C(=O)N3CCOCC3)c2C1.O=C(O)C(F)(F)F.O=C(O)C(F)(F)F. The van der Waals surface area contributed by atoms with Crippen molar-refractivity contribution in [2.45, 2.75) is 45.2 Å². The summed E-state index contributed by atoms with van der Waals surface area (Å²) in [6, 6.07) is 0.490. The number of aromatic amines is 1. The average molecular weight is 506 g/mol. The fourth-order valence-corrected chi connectivity index (χ4v) is 2.85. The van der Waals surface area contributed by atoms with Crippen molar-refractivity contribution in [1.29, 1.82) is 0 Å². The maximum absolute atomic E-state index is 12.6. The Hall–Kier alpha value is -2.88. The van der Waals surface area contributed by atoms with Crippen LogP contribution < -0.4 is 0 Å². The molecule has 16 heteroatoms. The molecule has 0 aliphatic carbocycles. The summed E-state index contributed by atoms with van der Waals surface area (Å²) in [5.41, 5.74) is 2.81. The molecular weight excluding hydrogens is 482 g/mol. The molecule has 2 aliphatic heterocycles.